The van der Waals surface area contributed by atoms with Crippen molar-refractivity contribution in [3.05, 3.63) is 11.3 Å². The largest absolute Gasteiger partial charge is 0.497 e. The molecule has 0 saturated carbocycles. The number of fused-ring (bicyclic) bond motifs is 2. The van der Waals surface area contributed by atoms with E-state index >= 15 is 0 Å². The summed E-state index contributed by atoms with van der Waals surface area (Å²) in [4.78, 5) is 23.0. The normalized spacial score (nSPS) is 35.1. The van der Waals surface area contributed by atoms with Crippen molar-refractivity contribution in [2.45, 2.75) is 12.8 Å². The van der Waals surface area contributed by atoms with Gasteiger partial charge in [-0.2, -0.15) is 0 Å². The molecule has 0 radical (unpaired) electrons. The fourth-order valence-corrected chi connectivity index (χ4v) is 2.43. The summed E-state index contributed by atoms with van der Waals surface area (Å²) in [6.45, 7) is 0.837. The molecule has 2 heterocycles. The van der Waals surface area contributed by atoms with Crippen LogP contribution in [-0.2, 0) is 19.1 Å². The molecular formula is C10H10O4. The van der Waals surface area contributed by atoms with Crippen LogP contribution in [0.25, 0.3) is 0 Å². The summed E-state index contributed by atoms with van der Waals surface area (Å²) in [5.41, 5.74) is 0.503. The van der Waals surface area contributed by atoms with Gasteiger partial charge in [-0.05, 0) is 6.42 Å². The van der Waals surface area contributed by atoms with Gasteiger partial charge in [0, 0.05) is 12.3 Å². The minimum atomic E-state index is -0.357. The van der Waals surface area contributed by atoms with E-state index in [0.717, 1.165) is 12.2 Å². The summed E-state index contributed by atoms with van der Waals surface area (Å²) in [5.74, 6) is 0.304. The quantitative estimate of drug-likeness (QED) is 0.524. The number of esters is 1. The van der Waals surface area contributed by atoms with Gasteiger partial charge in [0.15, 0.2) is 0 Å². The average Bonchev–Trinajstić information content (AvgIpc) is 2.71. The van der Waals surface area contributed by atoms with E-state index in [0.29, 0.717) is 18.6 Å². The number of Topliss-reactive ketones (excluding diaryl/α,β-unsaturated/α-hetero) is 1. The Morgan fingerprint density at radius 1 is 1.21 bits per heavy atom. The summed E-state index contributed by atoms with van der Waals surface area (Å²) in [6, 6.07) is 0. The van der Waals surface area contributed by atoms with Crippen molar-refractivity contribution in [2.24, 2.45) is 11.8 Å². The van der Waals surface area contributed by atoms with Crippen molar-refractivity contribution < 1.29 is 19.1 Å². The minimum absolute atomic E-state index is 0.130. The molecule has 74 valence electrons. The standard InChI is InChI=1S/C10H10O4/c11-7-3-5-1-2-13-9(5)8-6(7)4-14-10(8)12/h5-6H,1-4H2/t5-,6+/m0/s1. The zero-order chi connectivity index (χ0) is 9.71. The van der Waals surface area contributed by atoms with Gasteiger partial charge >= 0.3 is 5.97 Å². The highest BCUT2D eigenvalue weighted by atomic mass is 16.5. The molecule has 0 spiro atoms. The Labute approximate surface area is 80.9 Å². The second-order valence-corrected chi connectivity index (χ2v) is 3.93. The van der Waals surface area contributed by atoms with Crippen molar-refractivity contribution in [3.63, 3.8) is 0 Å². The SMILES string of the molecule is O=C1OC[C@@H]2C(=O)C[C@@H]3CCOC3=C12. The smallest absolute Gasteiger partial charge is 0.338 e. The maximum Gasteiger partial charge on any atom is 0.338 e. The minimum Gasteiger partial charge on any atom is -0.497 e. The van der Waals surface area contributed by atoms with Gasteiger partial charge in [0.1, 0.15) is 18.1 Å². The Morgan fingerprint density at radius 3 is 2.93 bits per heavy atom. The second kappa shape index (κ2) is 2.59. The van der Waals surface area contributed by atoms with E-state index in [9.17, 15) is 9.59 Å². The second-order valence-electron chi connectivity index (χ2n) is 3.93. The van der Waals surface area contributed by atoms with Gasteiger partial charge in [-0.25, -0.2) is 4.79 Å². The van der Waals surface area contributed by atoms with Gasteiger partial charge in [-0.1, -0.05) is 0 Å². The van der Waals surface area contributed by atoms with Crippen LogP contribution in [0.2, 0.25) is 0 Å². The van der Waals surface area contributed by atoms with Crippen LogP contribution in [-0.4, -0.2) is 25.0 Å². The van der Waals surface area contributed by atoms with E-state index in [4.69, 9.17) is 9.47 Å². The summed E-state index contributed by atoms with van der Waals surface area (Å²) in [6.07, 6.45) is 1.37. The summed E-state index contributed by atoms with van der Waals surface area (Å²) < 4.78 is 10.3. The molecule has 0 unspecified atom stereocenters. The highest BCUT2D eigenvalue weighted by molar-refractivity contribution is 6.02. The van der Waals surface area contributed by atoms with Crippen LogP contribution in [0.5, 0.6) is 0 Å². The molecule has 1 aliphatic carbocycles. The molecule has 0 aromatic rings. The van der Waals surface area contributed by atoms with Crippen LogP contribution < -0.4 is 0 Å². The Bertz CT molecular complexity index is 355. The first kappa shape index (κ1) is 8.03. The Morgan fingerprint density at radius 2 is 2.07 bits per heavy atom. The Hall–Kier alpha value is -1.32. The molecule has 2 aliphatic heterocycles. The lowest BCUT2D eigenvalue weighted by Crippen LogP contribution is -2.26. The van der Waals surface area contributed by atoms with Crippen molar-refractivity contribution in [1.82, 2.24) is 0 Å². The van der Waals surface area contributed by atoms with Crippen LogP contribution in [0.4, 0.5) is 0 Å². The van der Waals surface area contributed by atoms with Crippen LogP contribution in [0.1, 0.15) is 12.8 Å². The number of cyclic esters (lactones) is 1. The monoisotopic (exact) mass is 194 g/mol. The topological polar surface area (TPSA) is 52.6 Å². The summed E-state index contributed by atoms with van der Waals surface area (Å²) in [7, 11) is 0. The zero-order valence-corrected chi connectivity index (χ0v) is 7.62. The highest BCUT2D eigenvalue weighted by Crippen LogP contribution is 2.41. The number of rotatable bonds is 0. The molecule has 4 nitrogen and oxygen atoms in total. The van der Waals surface area contributed by atoms with Crippen molar-refractivity contribution >= 4 is 11.8 Å². The first-order chi connectivity index (χ1) is 6.77. The molecule has 3 aliphatic rings. The number of allylic oxidation sites excluding steroid dienone is 1. The van der Waals surface area contributed by atoms with Gasteiger partial charge in [0.25, 0.3) is 0 Å². The summed E-state index contributed by atoms with van der Waals surface area (Å²) in [5, 5.41) is 0. The predicted octanol–water partition coefficient (Wildman–Crippen LogP) is 0.423. The molecule has 2 atom stereocenters. The number of carbonyl (C=O) groups excluding carboxylic acids is 2. The molecule has 0 aromatic carbocycles. The molecule has 4 heteroatoms. The lowest BCUT2D eigenvalue weighted by Gasteiger charge is -2.20. The van der Waals surface area contributed by atoms with Crippen molar-refractivity contribution in [2.75, 3.05) is 13.2 Å². The van der Waals surface area contributed by atoms with E-state index < -0.39 is 0 Å². The van der Waals surface area contributed by atoms with Gasteiger partial charge < -0.3 is 9.47 Å². The molecule has 3 rings (SSSR count). The van der Waals surface area contributed by atoms with E-state index in [-0.39, 0.29) is 30.2 Å². The lowest BCUT2D eigenvalue weighted by molar-refractivity contribution is -0.135. The lowest BCUT2D eigenvalue weighted by atomic mass is 9.81. The first-order valence-electron chi connectivity index (χ1n) is 4.84. The molecule has 0 bridgehead atoms. The van der Waals surface area contributed by atoms with Crippen molar-refractivity contribution in [3.8, 4) is 0 Å². The molecule has 2 fully saturated rings. The van der Waals surface area contributed by atoms with E-state index in [2.05, 4.69) is 0 Å². The van der Waals surface area contributed by atoms with E-state index in [1.807, 2.05) is 0 Å². The highest BCUT2D eigenvalue weighted by Gasteiger charge is 2.46. The Balaban J connectivity index is 2.12. The van der Waals surface area contributed by atoms with E-state index in [1.165, 1.54) is 0 Å². The molecule has 0 aromatic heterocycles. The van der Waals surface area contributed by atoms with Crippen LogP contribution in [0.3, 0.4) is 0 Å². The number of hydrogen-bond acceptors (Lipinski definition) is 4. The Kier molecular flexibility index (Phi) is 1.48. The first-order valence-corrected chi connectivity index (χ1v) is 4.84. The van der Waals surface area contributed by atoms with Crippen LogP contribution >= 0.6 is 0 Å². The van der Waals surface area contributed by atoms with Crippen LogP contribution in [0, 0.1) is 11.8 Å². The van der Waals surface area contributed by atoms with Gasteiger partial charge in [0.2, 0.25) is 0 Å². The number of ketones is 1. The summed E-state index contributed by atoms with van der Waals surface area (Å²) >= 11 is 0. The average molecular weight is 194 g/mol. The van der Waals surface area contributed by atoms with Crippen molar-refractivity contribution in [1.29, 1.82) is 0 Å². The third-order valence-corrected chi connectivity index (χ3v) is 3.15. The van der Waals surface area contributed by atoms with E-state index in [1.54, 1.807) is 0 Å². The maximum atomic E-state index is 11.6. The molecular weight excluding hydrogens is 184 g/mol. The van der Waals surface area contributed by atoms with Gasteiger partial charge in [-0.15, -0.1) is 0 Å². The molecule has 2 saturated heterocycles. The van der Waals surface area contributed by atoms with Gasteiger partial charge in [0.05, 0.1) is 18.1 Å². The molecule has 14 heavy (non-hydrogen) atoms. The number of ether oxygens (including phenoxy) is 2. The van der Waals surface area contributed by atoms with Gasteiger partial charge in [-0.3, -0.25) is 4.79 Å². The fourth-order valence-electron chi connectivity index (χ4n) is 2.43. The predicted molar refractivity (Wildman–Crippen MR) is 45.2 cm³/mol. The third-order valence-electron chi connectivity index (χ3n) is 3.15. The van der Waals surface area contributed by atoms with Crippen LogP contribution in [0.15, 0.2) is 11.3 Å². The number of carbonyl (C=O) groups is 2. The number of hydrogen-bond donors (Lipinski definition) is 0. The molecule has 0 N–H and O–H groups in total. The zero-order valence-electron chi connectivity index (χ0n) is 7.62. The third kappa shape index (κ3) is 0.882. The fraction of sp³-hybridized carbons (Fsp3) is 0.600. The maximum absolute atomic E-state index is 11.6. The molecule has 0 amide bonds.